The molecule has 0 unspecified atom stereocenters. The lowest BCUT2D eigenvalue weighted by molar-refractivity contribution is 1.08. The fourth-order valence-corrected chi connectivity index (χ4v) is 2.06. The van der Waals surface area contributed by atoms with Gasteiger partial charge in [0.05, 0.1) is 5.52 Å². The minimum Gasteiger partial charge on any atom is -0.321 e. The van der Waals surface area contributed by atoms with Crippen molar-refractivity contribution in [3.63, 3.8) is 0 Å². The minimum absolute atomic E-state index is 0.0261. The second-order valence-corrected chi connectivity index (χ2v) is 4.41. The Morgan fingerprint density at radius 2 is 2.06 bits per heavy atom. The van der Waals surface area contributed by atoms with Crippen LogP contribution in [-0.4, -0.2) is 10.9 Å². The number of H-pyrrole nitrogens is 1. The summed E-state index contributed by atoms with van der Waals surface area (Å²) in [7, 11) is 0. The largest absolute Gasteiger partial charge is 0.321 e. The Balaban J connectivity index is 2.74. The van der Waals surface area contributed by atoms with Crippen molar-refractivity contribution < 1.29 is 0 Å². The maximum atomic E-state index is 11.8. The molecule has 0 fully saturated rings. The van der Waals surface area contributed by atoms with Crippen LogP contribution < -0.4 is 5.56 Å². The number of aryl methyl sites for hydroxylation is 3. The highest BCUT2D eigenvalue weighted by molar-refractivity contribution is 6.18. The van der Waals surface area contributed by atoms with Crippen LogP contribution in [0, 0.1) is 13.8 Å². The van der Waals surface area contributed by atoms with E-state index in [0.29, 0.717) is 12.3 Å². The first-order valence-corrected chi connectivity index (χ1v) is 5.85. The highest BCUT2D eigenvalue weighted by Crippen LogP contribution is 2.18. The zero-order valence-electron chi connectivity index (χ0n) is 9.43. The molecule has 2 rings (SSSR count). The molecular weight excluding hydrogens is 222 g/mol. The summed E-state index contributed by atoms with van der Waals surface area (Å²) in [4.78, 5) is 14.7. The predicted molar refractivity (Wildman–Crippen MR) is 68.5 cm³/mol. The second kappa shape index (κ2) is 4.30. The molecule has 84 valence electrons. The normalized spacial score (nSPS) is 10.9. The SMILES string of the molecule is Cc1ccc2cc(CCCl)c(=O)[nH]c2c1C. The topological polar surface area (TPSA) is 32.9 Å². The average molecular weight is 236 g/mol. The molecule has 0 saturated heterocycles. The van der Waals surface area contributed by atoms with Crippen LogP contribution in [0.25, 0.3) is 10.9 Å². The van der Waals surface area contributed by atoms with E-state index in [1.165, 1.54) is 5.56 Å². The van der Waals surface area contributed by atoms with Crippen LogP contribution in [0.15, 0.2) is 23.0 Å². The van der Waals surface area contributed by atoms with Crippen molar-refractivity contribution in [2.45, 2.75) is 20.3 Å². The third-order valence-electron chi connectivity index (χ3n) is 2.99. The van der Waals surface area contributed by atoms with Crippen LogP contribution in [0.5, 0.6) is 0 Å². The van der Waals surface area contributed by atoms with E-state index >= 15 is 0 Å². The number of aromatic amines is 1. The zero-order chi connectivity index (χ0) is 11.7. The summed E-state index contributed by atoms with van der Waals surface area (Å²) >= 11 is 5.66. The summed E-state index contributed by atoms with van der Waals surface area (Å²) in [6.07, 6.45) is 0.611. The van der Waals surface area contributed by atoms with Crippen molar-refractivity contribution >= 4 is 22.5 Å². The van der Waals surface area contributed by atoms with Crippen LogP contribution >= 0.6 is 11.6 Å². The fraction of sp³-hybridized carbons (Fsp3) is 0.308. The molecule has 1 heterocycles. The number of rotatable bonds is 2. The highest BCUT2D eigenvalue weighted by Gasteiger charge is 2.05. The lowest BCUT2D eigenvalue weighted by Gasteiger charge is -2.07. The summed E-state index contributed by atoms with van der Waals surface area (Å²) in [5, 5.41) is 1.07. The van der Waals surface area contributed by atoms with E-state index in [4.69, 9.17) is 11.6 Å². The molecule has 2 nitrogen and oxygen atoms in total. The Morgan fingerprint density at radius 1 is 1.31 bits per heavy atom. The Hall–Kier alpha value is -1.28. The maximum Gasteiger partial charge on any atom is 0.251 e. The number of hydrogen-bond acceptors (Lipinski definition) is 1. The first kappa shape index (κ1) is 11.2. The van der Waals surface area contributed by atoms with Gasteiger partial charge in [-0.05, 0) is 42.8 Å². The Bertz CT molecular complexity index is 586. The molecule has 0 aliphatic carbocycles. The van der Waals surface area contributed by atoms with Gasteiger partial charge in [-0.2, -0.15) is 0 Å². The Labute approximate surface area is 99.3 Å². The van der Waals surface area contributed by atoms with Crippen LogP contribution in [-0.2, 0) is 6.42 Å². The molecule has 0 atom stereocenters. The Morgan fingerprint density at radius 3 is 2.75 bits per heavy atom. The van der Waals surface area contributed by atoms with E-state index < -0.39 is 0 Å². The number of pyridine rings is 1. The molecular formula is C13H14ClNO. The van der Waals surface area contributed by atoms with Gasteiger partial charge < -0.3 is 4.98 Å². The van der Waals surface area contributed by atoms with Gasteiger partial charge >= 0.3 is 0 Å². The third-order valence-corrected chi connectivity index (χ3v) is 3.18. The van der Waals surface area contributed by atoms with E-state index in [2.05, 4.69) is 11.1 Å². The van der Waals surface area contributed by atoms with E-state index in [0.717, 1.165) is 22.0 Å². The molecule has 0 amide bonds. The molecule has 1 N–H and O–H groups in total. The second-order valence-electron chi connectivity index (χ2n) is 4.03. The number of halogens is 1. The van der Waals surface area contributed by atoms with Gasteiger partial charge in [-0.1, -0.05) is 12.1 Å². The van der Waals surface area contributed by atoms with Gasteiger partial charge in [0, 0.05) is 11.4 Å². The molecule has 1 aromatic carbocycles. The molecule has 16 heavy (non-hydrogen) atoms. The monoisotopic (exact) mass is 235 g/mol. The first-order valence-electron chi connectivity index (χ1n) is 5.31. The van der Waals surface area contributed by atoms with Crippen molar-refractivity contribution in [2.75, 3.05) is 5.88 Å². The van der Waals surface area contributed by atoms with E-state index in [1.807, 2.05) is 26.0 Å². The number of benzene rings is 1. The van der Waals surface area contributed by atoms with Gasteiger partial charge in [0.15, 0.2) is 0 Å². The van der Waals surface area contributed by atoms with Crippen LogP contribution in [0.3, 0.4) is 0 Å². The lowest BCUT2D eigenvalue weighted by Crippen LogP contribution is -2.13. The quantitative estimate of drug-likeness (QED) is 0.798. The van der Waals surface area contributed by atoms with Gasteiger partial charge in [0.2, 0.25) is 0 Å². The number of alkyl halides is 1. The molecule has 0 aliphatic rings. The van der Waals surface area contributed by atoms with Crippen LogP contribution in [0.2, 0.25) is 0 Å². The molecule has 0 spiro atoms. The van der Waals surface area contributed by atoms with Crippen LogP contribution in [0.1, 0.15) is 16.7 Å². The maximum absolute atomic E-state index is 11.8. The fourth-order valence-electron chi connectivity index (χ4n) is 1.86. The third kappa shape index (κ3) is 1.85. The number of aromatic nitrogens is 1. The molecule has 3 heteroatoms. The average Bonchev–Trinajstić information content (AvgIpc) is 2.26. The summed E-state index contributed by atoms with van der Waals surface area (Å²) in [6, 6.07) is 6.04. The summed E-state index contributed by atoms with van der Waals surface area (Å²) in [5.41, 5.74) is 3.98. The number of hydrogen-bond donors (Lipinski definition) is 1. The number of nitrogens with one attached hydrogen (secondary N) is 1. The predicted octanol–water partition coefficient (Wildman–Crippen LogP) is 2.93. The zero-order valence-corrected chi connectivity index (χ0v) is 10.2. The van der Waals surface area contributed by atoms with Gasteiger partial charge in [0.1, 0.15) is 0 Å². The molecule has 2 aromatic rings. The van der Waals surface area contributed by atoms with Crippen molar-refractivity contribution in [3.05, 3.63) is 45.2 Å². The lowest BCUT2D eigenvalue weighted by atomic mass is 10.0. The van der Waals surface area contributed by atoms with Gasteiger partial charge in [0.25, 0.3) is 5.56 Å². The molecule has 0 aliphatic heterocycles. The molecule has 0 bridgehead atoms. The van der Waals surface area contributed by atoms with E-state index in [-0.39, 0.29) is 5.56 Å². The van der Waals surface area contributed by atoms with E-state index in [1.54, 1.807) is 0 Å². The standard InChI is InChI=1S/C13H14ClNO/c1-8-3-4-10-7-11(5-6-14)13(16)15-12(10)9(8)2/h3-4,7H,5-6H2,1-2H3,(H,15,16). The van der Waals surface area contributed by atoms with Gasteiger partial charge in [-0.15, -0.1) is 11.6 Å². The van der Waals surface area contributed by atoms with Gasteiger partial charge in [-0.25, -0.2) is 0 Å². The molecule has 1 aromatic heterocycles. The molecule has 0 saturated carbocycles. The summed E-state index contributed by atoms with van der Waals surface area (Å²) < 4.78 is 0. The van der Waals surface area contributed by atoms with E-state index in [9.17, 15) is 4.79 Å². The highest BCUT2D eigenvalue weighted by atomic mass is 35.5. The van der Waals surface area contributed by atoms with Crippen molar-refractivity contribution in [2.24, 2.45) is 0 Å². The van der Waals surface area contributed by atoms with Crippen molar-refractivity contribution in [1.82, 2.24) is 4.98 Å². The van der Waals surface area contributed by atoms with Crippen molar-refractivity contribution in [1.29, 1.82) is 0 Å². The molecule has 0 radical (unpaired) electrons. The Kier molecular flexibility index (Phi) is 3.01. The summed E-state index contributed by atoms with van der Waals surface area (Å²) in [5.74, 6) is 0.472. The smallest absolute Gasteiger partial charge is 0.251 e. The number of fused-ring (bicyclic) bond motifs is 1. The van der Waals surface area contributed by atoms with Gasteiger partial charge in [-0.3, -0.25) is 4.79 Å². The van der Waals surface area contributed by atoms with Crippen LogP contribution in [0.4, 0.5) is 0 Å². The summed E-state index contributed by atoms with van der Waals surface area (Å²) in [6.45, 7) is 4.06. The minimum atomic E-state index is -0.0261. The first-order chi connectivity index (χ1) is 7.63. The van der Waals surface area contributed by atoms with Crippen molar-refractivity contribution in [3.8, 4) is 0 Å².